The van der Waals surface area contributed by atoms with Crippen molar-refractivity contribution in [2.45, 2.75) is 12.8 Å². The Hall–Kier alpha value is -2.16. The van der Waals surface area contributed by atoms with Gasteiger partial charge in [-0.15, -0.1) is 24.0 Å². The summed E-state index contributed by atoms with van der Waals surface area (Å²) in [6.45, 7) is 1.90. The Morgan fingerprint density at radius 1 is 1.00 bits per heavy atom. The molecule has 1 aliphatic heterocycles. The molecular weight excluding hydrogens is 457 g/mol. The molecule has 2 aromatic carbocycles. The van der Waals surface area contributed by atoms with Crippen molar-refractivity contribution in [1.82, 2.24) is 10.6 Å². The van der Waals surface area contributed by atoms with Crippen molar-refractivity contribution in [3.05, 3.63) is 53.6 Å². The highest BCUT2D eigenvalue weighted by Crippen LogP contribution is 2.32. The largest absolute Gasteiger partial charge is 0.497 e. The van der Waals surface area contributed by atoms with Gasteiger partial charge in [0, 0.05) is 20.1 Å². The highest BCUT2D eigenvalue weighted by Gasteiger charge is 2.12. The van der Waals surface area contributed by atoms with Gasteiger partial charge in [0.1, 0.15) is 5.75 Å². The summed E-state index contributed by atoms with van der Waals surface area (Å²) in [5.74, 6) is 3.32. The fourth-order valence-corrected chi connectivity index (χ4v) is 2.80. The van der Waals surface area contributed by atoms with Crippen molar-refractivity contribution in [3.8, 4) is 17.2 Å². The van der Waals surface area contributed by atoms with Crippen LogP contribution in [0.4, 0.5) is 0 Å². The number of aliphatic imine (C=N–C) groups is 1. The van der Waals surface area contributed by atoms with E-state index in [1.807, 2.05) is 24.3 Å². The van der Waals surface area contributed by atoms with Gasteiger partial charge in [0.2, 0.25) is 6.79 Å². The van der Waals surface area contributed by atoms with Gasteiger partial charge in [-0.05, 0) is 48.2 Å². The molecule has 1 heterocycles. The van der Waals surface area contributed by atoms with Crippen molar-refractivity contribution in [3.63, 3.8) is 0 Å². The molecule has 0 spiro atoms. The molecule has 0 radical (unpaired) electrons. The molecule has 6 nitrogen and oxygen atoms in total. The van der Waals surface area contributed by atoms with Crippen LogP contribution in [0.1, 0.15) is 11.1 Å². The highest BCUT2D eigenvalue weighted by atomic mass is 127. The lowest BCUT2D eigenvalue weighted by Crippen LogP contribution is -2.39. The van der Waals surface area contributed by atoms with Crippen molar-refractivity contribution < 1.29 is 14.2 Å². The van der Waals surface area contributed by atoms with Gasteiger partial charge >= 0.3 is 0 Å². The normalized spacial score (nSPS) is 12.3. The monoisotopic (exact) mass is 483 g/mol. The molecule has 1 aliphatic rings. The highest BCUT2D eigenvalue weighted by molar-refractivity contribution is 14.0. The number of nitrogens with zero attached hydrogens (tertiary/aromatic N) is 1. The first-order valence-electron chi connectivity index (χ1n) is 8.74. The number of halogens is 1. The number of methoxy groups -OCH3 is 1. The maximum Gasteiger partial charge on any atom is 0.231 e. The predicted molar refractivity (Wildman–Crippen MR) is 118 cm³/mol. The zero-order valence-corrected chi connectivity index (χ0v) is 18.0. The minimum Gasteiger partial charge on any atom is -0.497 e. The molecule has 2 N–H and O–H groups in total. The molecule has 27 heavy (non-hydrogen) atoms. The Morgan fingerprint density at radius 3 is 2.41 bits per heavy atom. The van der Waals surface area contributed by atoms with Gasteiger partial charge in [0.05, 0.1) is 7.11 Å². The molecule has 0 atom stereocenters. The fraction of sp³-hybridized carbons (Fsp3) is 0.350. The molecule has 3 rings (SSSR count). The second kappa shape index (κ2) is 10.9. The van der Waals surface area contributed by atoms with Gasteiger partial charge in [-0.3, -0.25) is 4.99 Å². The summed E-state index contributed by atoms with van der Waals surface area (Å²) in [4.78, 5) is 4.27. The van der Waals surface area contributed by atoms with E-state index < -0.39 is 0 Å². The predicted octanol–water partition coefficient (Wildman–Crippen LogP) is 2.99. The van der Waals surface area contributed by atoms with Crippen LogP contribution in [0.25, 0.3) is 0 Å². The van der Waals surface area contributed by atoms with Gasteiger partial charge in [0.25, 0.3) is 0 Å². The molecule has 0 amide bonds. The Kier molecular flexibility index (Phi) is 8.50. The lowest BCUT2D eigenvalue weighted by molar-refractivity contribution is 0.174. The van der Waals surface area contributed by atoms with E-state index in [2.05, 4.69) is 33.8 Å². The first-order chi connectivity index (χ1) is 12.8. The number of ether oxygens (including phenoxy) is 3. The van der Waals surface area contributed by atoms with Crippen LogP contribution in [0, 0.1) is 0 Å². The lowest BCUT2D eigenvalue weighted by Gasteiger charge is -2.12. The molecule has 0 saturated carbocycles. The summed E-state index contributed by atoms with van der Waals surface area (Å²) in [5.41, 5.74) is 2.43. The average Bonchev–Trinajstić information content (AvgIpc) is 3.15. The van der Waals surface area contributed by atoms with Crippen molar-refractivity contribution in [2.24, 2.45) is 4.99 Å². The van der Waals surface area contributed by atoms with Crippen LogP contribution in [0.2, 0.25) is 0 Å². The van der Waals surface area contributed by atoms with E-state index in [-0.39, 0.29) is 24.0 Å². The van der Waals surface area contributed by atoms with Crippen LogP contribution in [0.3, 0.4) is 0 Å². The second-order valence-electron chi connectivity index (χ2n) is 5.96. The first kappa shape index (κ1) is 21.1. The summed E-state index contributed by atoms with van der Waals surface area (Å²) in [7, 11) is 3.46. The van der Waals surface area contributed by atoms with Crippen LogP contribution in [-0.2, 0) is 12.8 Å². The van der Waals surface area contributed by atoms with Gasteiger partial charge in [-0.25, -0.2) is 0 Å². The van der Waals surface area contributed by atoms with Crippen LogP contribution in [-0.4, -0.2) is 40.0 Å². The SMILES string of the molecule is CN=C(NCCc1cccc(OC)c1)NCCc1ccc2c(c1)OCO2.I. The van der Waals surface area contributed by atoms with E-state index in [9.17, 15) is 0 Å². The molecule has 7 heteroatoms. The fourth-order valence-electron chi connectivity index (χ4n) is 2.80. The van der Waals surface area contributed by atoms with E-state index in [1.54, 1.807) is 14.2 Å². The zero-order valence-electron chi connectivity index (χ0n) is 15.7. The number of hydrogen-bond donors (Lipinski definition) is 2. The number of guanidine groups is 1. The van der Waals surface area contributed by atoms with Gasteiger partial charge in [-0.1, -0.05) is 18.2 Å². The van der Waals surface area contributed by atoms with Crippen LogP contribution in [0.15, 0.2) is 47.5 Å². The van der Waals surface area contributed by atoms with E-state index in [1.165, 1.54) is 11.1 Å². The Bertz CT molecular complexity index is 768. The molecular formula is C20H26IN3O3. The molecule has 146 valence electrons. The van der Waals surface area contributed by atoms with Gasteiger partial charge in [-0.2, -0.15) is 0 Å². The molecule has 0 saturated heterocycles. The third-order valence-electron chi connectivity index (χ3n) is 4.21. The Morgan fingerprint density at radius 2 is 1.70 bits per heavy atom. The smallest absolute Gasteiger partial charge is 0.231 e. The van der Waals surface area contributed by atoms with Crippen LogP contribution in [0.5, 0.6) is 17.2 Å². The van der Waals surface area contributed by atoms with E-state index in [0.717, 1.165) is 49.1 Å². The number of benzene rings is 2. The van der Waals surface area contributed by atoms with Crippen molar-refractivity contribution in [2.75, 3.05) is 34.0 Å². The number of hydrogen-bond acceptors (Lipinski definition) is 4. The third kappa shape index (κ3) is 6.20. The standard InChI is InChI=1S/C20H25N3O3.HI/c1-21-20(22-10-8-15-4-3-5-17(12-15)24-2)23-11-9-16-6-7-18-19(13-16)26-14-25-18;/h3-7,12-13H,8-11,14H2,1-2H3,(H2,21,22,23);1H. The van der Waals surface area contributed by atoms with E-state index in [4.69, 9.17) is 14.2 Å². The van der Waals surface area contributed by atoms with Crippen molar-refractivity contribution >= 4 is 29.9 Å². The lowest BCUT2D eigenvalue weighted by atomic mass is 10.1. The topological polar surface area (TPSA) is 64.1 Å². The maximum atomic E-state index is 5.41. The first-order valence-corrected chi connectivity index (χ1v) is 8.74. The summed E-state index contributed by atoms with van der Waals surface area (Å²) in [6, 6.07) is 14.2. The van der Waals surface area contributed by atoms with Gasteiger partial charge < -0.3 is 24.8 Å². The molecule has 0 aromatic heterocycles. The minimum absolute atomic E-state index is 0. The Labute approximate surface area is 177 Å². The second-order valence-corrected chi connectivity index (χ2v) is 5.96. The summed E-state index contributed by atoms with van der Waals surface area (Å²) < 4.78 is 16.0. The van der Waals surface area contributed by atoms with E-state index >= 15 is 0 Å². The quantitative estimate of drug-likeness (QED) is 0.360. The summed E-state index contributed by atoms with van der Waals surface area (Å²) >= 11 is 0. The summed E-state index contributed by atoms with van der Waals surface area (Å²) in [6.07, 6.45) is 1.79. The average molecular weight is 483 g/mol. The number of fused-ring (bicyclic) bond motifs is 1. The molecule has 2 aromatic rings. The van der Waals surface area contributed by atoms with Gasteiger partial charge in [0.15, 0.2) is 17.5 Å². The molecule has 0 unspecified atom stereocenters. The molecule has 0 bridgehead atoms. The Balaban J connectivity index is 0.00000261. The number of rotatable bonds is 7. The summed E-state index contributed by atoms with van der Waals surface area (Å²) in [5, 5.41) is 6.67. The van der Waals surface area contributed by atoms with E-state index in [0.29, 0.717) is 6.79 Å². The maximum absolute atomic E-state index is 5.41. The van der Waals surface area contributed by atoms with Crippen LogP contribution >= 0.6 is 24.0 Å². The molecule has 0 aliphatic carbocycles. The molecule has 0 fully saturated rings. The van der Waals surface area contributed by atoms with Crippen molar-refractivity contribution in [1.29, 1.82) is 0 Å². The zero-order chi connectivity index (χ0) is 18.2. The number of nitrogens with one attached hydrogen (secondary N) is 2. The van der Waals surface area contributed by atoms with Crippen LogP contribution < -0.4 is 24.8 Å². The third-order valence-corrected chi connectivity index (χ3v) is 4.21. The minimum atomic E-state index is 0.